The summed E-state index contributed by atoms with van der Waals surface area (Å²) >= 11 is 1.37. The fourth-order valence-corrected chi connectivity index (χ4v) is 4.89. The fraction of sp³-hybridized carbons (Fsp3) is 0.241. The molecule has 3 aromatic carbocycles. The Bertz CT molecular complexity index is 1310. The first-order chi connectivity index (χ1) is 17.5. The zero-order chi connectivity index (χ0) is 25.5. The van der Waals surface area contributed by atoms with Crippen molar-refractivity contribution < 1.29 is 18.7 Å². The summed E-state index contributed by atoms with van der Waals surface area (Å²) in [6.07, 6.45) is 2.72. The molecule has 1 saturated heterocycles. The molecular weight excluding hydrogens is 475 g/mol. The maximum absolute atomic E-state index is 13.5. The van der Waals surface area contributed by atoms with Gasteiger partial charge in [0.2, 0.25) is 0 Å². The standard InChI is InChI=1S/C29H29FN2O3S/c1-4-22-11-7-8-13-24(22)31-29-32(5-2)28(33)27(36-29)18-20-14-15-25(26(17-20)34-6-3)35-19-21-10-9-12-23(30)16-21/h7-18H,4-6,19H2,1-3H3/b27-18+,31-29?. The van der Waals surface area contributed by atoms with Crippen LogP contribution in [0.1, 0.15) is 37.5 Å². The molecule has 0 spiro atoms. The second kappa shape index (κ2) is 11.9. The summed E-state index contributed by atoms with van der Waals surface area (Å²) in [6, 6.07) is 19.8. The van der Waals surface area contributed by atoms with Crippen LogP contribution in [-0.4, -0.2) is 29.1 Å². The molecule has 0 N–H and O–H groups in total. The Labute approximate surface area is 215 Å². The largest absolute Gasteiger partial charge is 0.490 e. The number of aliphatic imine (C=N–C) groups is 1. The van der Waals surface area contributed by atoms with Gasteiger partial charge in [0.1, 0.15) is 12.4 Å². The third-order valence-electron chi connectivity index (χ3n) is 5.64. The van der Waals surface area contributed by atoms with Crippen LogP contribution in [0.25, 0.3) is 6.08 Å². The highest BCUT2D eigenvalue weighted by atomic mass is 32.2. The summed E-state index contributed by atoms with van der Waals surface area (Å²) in [5.74, 6) is 0.753. The van der Waals surface area contributed by atoms with Gasteiger partial charge in [-0.1, -0.05) is 43.3 Å². The van der Waals surface area contributed by atoms with Crippen molar-refractivity contribution >= 4 is 34.6 Å². The van der Waals surface area contributed by atoms with Crippen molar-refractivity contribution in [1.29, 1.82) is 0 Å². The van der Waals surface area contributed by atoms with Crippen molar-refractivity contribution in [1.82, 2.24) is 4.90 Å². The number of rotatable bonds is 9. The number of halogens is 1. The van der Waals surface area contributed by atoms with E-state index in [0.717, 1.165) is 28.8 Å². The summed E-state index contributed by atoms with van der Waals surface area (Å²) in [7, 11) is 0. The molecule has 1 fully saturated rings. The first kappa shape index (κ1) is 25.5. The summed E-state index contributed by atoms with van der Waals surface area (Å²) in [6.45, 7) is 7.15. The highest BCUT2D eigenvalue weighted by Crippen LogP contribution is 2.36. The van der Waals surface area contributed by atoms with Gasteiger partial charge in [-0.3, -0.25) is 9.69 Å². The Kier molecular flexibility index (Phi) is 8.44. The third kappa shape index (κ3) is 5.97. The first-order valence-corrected chi connectivity index (χ1v) is 12.9. The monoisotopic (exact) mass is 504 g/mol. The maximum Gasteiger partial charge on any atom is 0.266 e. The molecule has 7 heteroatoms. The zero-order valence-corrected chi connectivity index (χ0v) is 21.5. The van der Waals surface area contributed by atoms with Crippen LogP contribution in [0.4, 0.5) is 10.1 Å². The van der Waals surface area contributed by atoms with Gasteiger partial charge < -0.3 is 9.47 Å². The Balaban J connectivity index is 1.58. The summed E-state index contributed by atoms with van der Waals surface area (Å²) in [5, 5.41) is 0.676. The van der Waals surface area contributed by atoms with E-state index in [1.54, 1.807) is 11.0 Å². The minimum Gasteiger partial charge on any atom is -0.490 e. The lowest BCUT2D eigenvalue weighted by Gasteiger charge is -2.13. The predicted molar refractivity (Wildman–Crippen MR) is 144 cm³/mol. The number of thioether (sulfide) groups is 1. The average Bonchev–Trinajstić information content (AvgIpc) is 3.17. The lowest BCUT2D eigenvalue weighted by Crippen LogP contribution is -2.28. The predicted octanol–water partition coefficient (Wildman–Crippen LogP) is 6.99. The Hall–Kier alpha value is -3.58. The molecule has 3 aromatic rings. The van der Waals surface area contributed by atoms with Gasteiger partial charge in [0.05, 0.1) is 17.2 Å². The van der Waals surface area contributed by atoms with E-state index in [1.165, 1.54) is 23.9 Å². The van der Waals surface area contributed by atoms with Crippen LogP contribution in [0.15, 0.2) is 76.6 Å². The molecule has 0 atom stereocenters. The Morgan fingerprint density at radius 3 is 2.56 bits per heavy atom. The van der Waals surface area contributed by atoms with E-state index in [9.17, 15) is 9.18 Å². The summed E-state index contributed by atoms with van der Waals surface area (Å²) < 4.78 is 25.2. The maximum atomic E-state index is 13.5. The number of amides is 1. The SMILES string of the molecule is CCOc1cc(/C=C2/SC(=Nc3ccccc3CC)N(CC)C2=O)ccc1OCc1cccc(F)c1. The second-order valence-electron chi connectivity index (χ2n) is 8.09. The number of benzene rings is 3. The molecule has 0 aromatic heterocycles. The molecule has 0 aliphatic carbocycles. The number of amidine groups is 1. The molecule has 5 nitrogen and oxygen atoms in total. The first-order valence-electron chi connectivity index (χ1n) is 12.0. The van der Waals surface area contributed by atoms with E-state index in [1.807, 2.05) is 62.4 Å². The normalized spacial score (nSPS) is 15.7. The highest BCUT2D eigenvalue weighted by Gasteiger charge is 2.32. The van der Waals surface area contributed by atoms with Gasteiger partial charge in [0, 0.05) is 6.54 Å². The lowest BCUT2D eigenvalue weighted by molar-refractivity contribution is -0.122. The van der Waals surface area contributed by atoms with Crippen molar-refractivity contribution in [2.75, 3.05) is 13.2 Å². The van der Waals surface area contributed by atoms with Crippen molar-refractivity contribution in [2.24, 2.45) is 4.99 Å². The molecule has 4 rings (SSSR count). The van der Waals surface area contributed by atoms with Gasteiger partial charge in [-0.2, -0.15) is 0 Å². The molecule has 36 heavy (non-hydrogen) atoms. The van der Waals surface area contributed by atoms with Crippen LogP contribution in [0, 0.1) is 5.82 Å². The fourth-order valence-electron chi connectivity index (χ4n) is 3.83. The van der Waals surface area contributed by atoms with Crippen molar-refractivity contribution in [3.05, 3.63) is 94.1 Å². The molecule has 1 heterocycles. The molecule has 0 unspecified atom stereocenters. The highest BCUT2D eigenvalue weighted by molar-refractivity contribution is 8.18. The number of carbonyl (C=O) groups excluding carboxylic acids is 1. The third-order valence-corrected chi connectivity index (χ3v) is 6.65. The second-order valence-corrected chi connectivity index (χ2v) is 9.10. The van der Waals surface area contributed by atoms with E-state index >= 15 is 0 Å². The minimum absolute atomic E-state index is 0.0698. The van der Waals surface area contributed by atoms with Gasteiger partial charge in [-0.25, -0.2) is 9.38 Å². The summed E-state index contributed by atoms with van der Waals surface area (Å²) in [4.78, 5) is 20.2. The zero-order valence-electron chi connectivity index (χ0n) is 20.7. The van der Waals surface area contributed by atoms with Crippen molar-refractivity contribution in [3.8, 4) is 11.5 Å². The van der Waals surface area contributed by atoms with E-state index < -0.39 is 0 Å². The molecule has 186 valence electrons. The Morgan fingerprint density at radius 2 is 1.81 bits per heavy atom. The number of aryl methyl sites for hydroxylation is 1. The van der Waals surface area contributed by atoms with Gasteiger partial charge in [0.15, 0.2) is 16.7 Å². The topological polar surface area (TPSA) is 51.1 Å². The van der Waals surface area contributed by atoms with E-state index in [4.69, 9.17) is 14.5 Å². The van der Waals surface area contributed by atoms with Gasteiger partial charge in [-0.15, -0.1) is 0 Å². The molecule has 1 aliphatic rings. The number of nitrogens with zero attached hydrogens (tertiary/aromatic N) is 2. The molecule has 1 aliphatic heterocycles. The number of hydrogen-bond donors (Lipinski definition) is 0. The average molecular weight is 505 g/mol. The van der Waals surface area contributed by atoms with Crippen LogP contribution in [0.3, 0.4) is 0 Å². The molecule has 0 radical (unpaired) electrons. The van der Waals surface area contributed by atoms with Crippen LogP contribution < -0.4 is 9.47 Å². The van der Waals surface area contributed by atoms with Crippen LogP contribution in [0.2, 0.25) is 0 Å². The van der Waals surface area contributed by atoms with Crippen LogP contribution >= 0.6 is 11.8 Å². The molecule has 1 amide bonds. The molecule has 0 saturated carbocycles. The number of hydrogen-bond acceptors (Lipinski definition) is 5. The lowest BCUT2D eigenvalue weighted by atomic mass is 10.1. The number of carbonyl (C=O) groups is 1. The van der Waals surface area contributed by atoms with Crippen LogP contribution in [0.5, 0.6) is 11.5 Å². The van der Waals surface area contributed by atoms with Gasteiger partial charge in [0.25, 0.3) is 5.91 Å². The van der Waals surface area contributed by atoms with Gasteiger partial charge in [-0.05, 0) is 85.1 Å². The smallest absolute Gasteiger partial charge is 0.266 e. The quantitative estimate of drug-likeness (QED) is 0.295. The van der Waals surface area contributed by atoms with E-state index in [2.05, 4.69) is 13.0 Å². The number of ether oxygens (including phenoxy) is 2. The van der Waals surface area contributed by atoms with E-state index in [-0.39, 0.29) is 18.3 Å². The van der Waals surface area contributed by atoms with E-state index in [0.29, 0.717) is 34.7 Å². The number of likely N-dealkylation sites (N-methyl/N-ethyl adjacent to an activating group) is 1. The number of para-hydroxylation sites is 1. The Morgan fingerprint density at radius 1 is 0.972 bits per heavy atom. The van der Waals surface area contributed by atoms with Crippen molar-refractivity contribution in [2.45, 2.75) is 33.8 Å². The van der Waals surface area contributed by atoms with Crippen LogP contribution in [-0.2, 0) is 17.8 Å². The van der Waals surface area contributed by atoms with Gasteiger partial charge >= 0.3 is 0 Å². The molecule has 0 bridgehead atoms. The van der Waals surface area contributed by atoms with Crippen molar-refractivity contribution in [3.63, 3.8) is 0 Å². The summed E-state index contributed by atoms with van der Waals surface area (Å²) in [5.41, 5.74) is 3.57. The minimum atomic E-state index is -0.302. The molecular formula is C29H29FN2O3S.